The van der Waals surface area contributed by atoms with Crippen LogP contribution in [0.5, 0.6) is 0 Å². The molecule has 0 amide bonds. The van der Waals surface area contributed by atoms with Crippen LogP contribution in [-0.2, 0) is 6.42 Å². The van der Waals surface area contributed by atoms with Gasteiger partial charge in [-0.05, 0) is 44.2 Å². The average Bonchev–Trinajstić information content (AvgIpc) is 2.28. The number of hydrogen-bond donors (Lipinski definition) is 1. The van der Waals surface area contributed by atoms with Crippen LogP contribution in [0.3, 0.4) is 0 Å². The Morgan fingerprint density at radius 1 is 1.06 bits per heavy atom. The topological polar surface area (TPSA) is 12.0 Å². The van der Waals surface area contributed by atoms with Crippen LogP contribution in [0.25, 0.3) is 0 Å². The Morgan fingerprint density at radius 2 is 1.65 bits per heavy atom. The molecule has 1 aromatic rings. The van der Waals surface area contributed by atoms with Crippen molar-refractivity contribution in [2.75, 3.05) is 6.54 Å². The van der Waals surface area contributed by atoms with E-state index in [1.165, 1.54) is 17.5 Å². The zero-order valence-corrected chi connectivity index (χ0v) is 12.0. The Kier molecular flexibility index (Phi) is 5.70. The molecule has 0 saturated carbocycles. The summed E-state index contributed by atoms with van der Waals surface area (Å²) in [6.45, 7) is 12.3. The maximum atomic E-state index is 3.56. The van der Waals surface area contributed by atoms with Crippen molar-refractivity contribution in [2.24, 2.45) is 11.8 Å². The molecule has 17 heavy (non-hydrogen) atoms. The summed E-state index contributed by atoms with van der Waals surface area (Å²) in [7, 11) is 0. The molecule has 0 fully saturated rings. The molecule has 2 atom stereocenters. The van der Waals surface area contributed by atoms with E-state index in [9.17, 15) is 0 Å². The molecular weight excluding hydrogens is 206 g/mol. The molecule has 1 rings (SSSR count). The zero-order valence-electron chi connectivity index (χ0n) is 12.0. The van der Waals surface area contributed by atoms with E-state index in [0.29, 0.717) is 17.9 Å². The second-order valence-corrected chi connectivity index (χ2v) is 5.44. The smallest absolute Gasteiger partial charge is 0.00725 e. The Balaban J connectivity index is 2.69. The molecule has 0 aliphatic carbocycles. The molecule has 0 aromatic heterocycles. The lowest BCUT2D eigenvalue weighted by atomic mass is 9.84. The quantitative estimate of drug-likeness (QED) is 0.788. The van der Waals surface area contributed by atoms with Crippen LogP contribution in [0.15, 0.2) is 24.3 Å². The summed E-state index contributed by atoms with van der Waals surface area (Å²) in [4.78, 5) is 0. The third kappa shape index (κ3) is 4.51. The average molecular weight is 233 g/mol. The van der Waals surface area contributed by atoms with Crippen LogP contribution in [0.2, 0.25) is 0 Å². The van der Waals surface area contributed by atoms with Gasteiger partial charge in [-0.2, -0.15) is 0 Å². The number of hydrogen-bond acceptors (Lipinski definition) is 1. The highest BCUT2D eigenvalue weighted by atomic mass is 14.9. The largest absolute Gasteiger partial charge is 0.314 e. The molecule has 0 heterocycles. The van der Waals surface area contributed by atoms with E-state index in [1.807, 2.05) is 0 Å². The summed E-state index contributed by atoms with van der Waals surface area (Å²) < 4.78 is 0. The summed E-state index contributed by atoms with van der Waals surface area (Å²) in [5.74, 6) is 1.42. The van der Waals surface area contributed by atoms with E-state index >= 15 is 0 Å². The molecule has 96 valence electrons. The first-order valence-electron chi connectivity index (χ1n) is 6.83. The minimum absolute atomic E-state index is 0.585. The van der Waals surface area contributed by atoms with E-state index in [0.717, 1.165) is 6.54 Å². The Hall–Kier alpha value is -0.820. The second kappa shape index (κ2) is 6.80. The normalized spacial score (nSPS) is 14.9. The van der Waals surface area contributed by atoms with Gasteiger partial charge in [-0.25, -0.2) is 0 Å². The summed E-state index contributed by atoms with van der Waals surface area (Å²) in [5, 5.41) is 3.56. The summed E-state index contributed by atoms with van der Waals surface area (Å²) in [6.07, 6.45) is 1.17. The Bertz CT molecular complexity index is 313. The van der Waals surface area contributed by atoms with Crippen LogP contribution in [-0.4, -0.2) is 12.6 Å². The van der Waals surface area contributed by atoms with Crippen molar-refractivity contribution in [3.63, 3.8) is 0 Å². The van der Waals surface area contributed by atoms with Gasteiger partial charge in [0.15, 0.2) is 0 Å². The van der Waals surface area contributed by atoms with Crippen molar-refractivity contribution in [2.45, 2.75) is 47.1 Å². The van der Waals surface area contributed by atoms with E-state index in [2.05, 4.69) is 64.2 Å². The van der Waals surface area contributed by atoms with Gasteiger partial charge in [0, 0.05) is 6.04 Å². The molecule has 1 aromatic carbocycles. The van der Waals surface area contributed by atoms with Crippen molar-refractivity contribution in [1.29, 1.82) is 0 Å². The van der Waals surface area contributed by atoms with Gasteiger partial charge in [0.05, 0.1) is 0 Å². The van der Waals surface area contributed by atoms with Gasteiger partial charge < -0.3 is 5.32 Å². The number of nitrogens with one attached hydrogen (secondary N) is 1. The fraction of sp³-hybridized carbons (Fsp3) is 0.625. The number of rotatable bonds is 6. The predicted molar refractivity (Wildman–Crippen MR) is 76.3 cm³/mol. The molecule has 0 saturated heterocycles. The van der Waals surface area contributed by atoms with E-state index in [4.69, 9.17) is 0 Å². The van der Waals surface area contributed by atoms with Gasteiger partial charge >= 0.3 is 0 Å². The SMILES string of the molecule is CCNC(C)C(Cc1ccc(C)cc1)C(C)C. The Morgan fingerprint density at radius 3 is 2.12 bits per heavy atom. The first-order chi connectivity index (χ1) is 8.04. The van der Waals surface area contributed by atoms with Crippen molar-refractivity contribution in [3.8, 4) is 0 Å². The van der Waals surface area contributed by atoms with Crippen molar-refractivity contribution >= 4 is 0 Å². The third-order valence-electron chi connectivity index (χ3n) is 3.62. The van der Waals surface area contributed by atoms with Crippen LogP contribution < -0.4 is 5.32 Å². The van der Waals surface area contributed by atoms with Crippen molar-refractivity contribution < 1.29 is 0 Å². The van der Waals surface area contributed by atoms with Gasteiger partial charge in [0.25, 0.3) is 0 Å². The van der Waals surface area contributed by atoms with Crippen LogP contribution in [0.1, 0.15) is 38.8 Å². The van der Waals surface area contributed by atoms with Crippen LogP contribution in [0.4, 0.5) is 0 Å². The molecule has 0 spiro atoms. The van der Waals surface area contributed by atoms with Crippen LogP contribution in [0, 0.1) is 18.8 Å². The van der Waals surface area contributed by atoms with Crippen LogP contribution >= 0.6 is 0 Å². The maximum Gasteiger partial charge on any atom is 0.00725 e. The fourth-order valence-electron chi connectivity index (χ4n) is 2.46. The van der Waals surface area contributed by atoms with Gasteiger partial charge in [-0.1, -0.05) is 50.6 Å². The highest BCUT2D eigenvalue weighted by Crippen LogP contribution is 2.21. The van der Waals surface area contributed by atoms with E-state index < -0.39 is 0 Å². The van der Waals surface area contributed by atoms with E-state index in [1.54, 1.807) is 0 Å². The maximum absolute atomic E-state index is 3.56. The first kappa shape index (κ1) is 14.2. The molecule has 1 N–H and O–H groups in total. The summed E-state index contributed by atoms with van der Waals surface area (Å²) >= 11 is 0. The van der Waals surface area contributed by atoms with E-state index in [-0.39, 0.29) is 0 Å². The minimum atomic E-state index is 0.585. The van der Waals surface area contributed by atoms with Gasteiger partial charge in [-0.3, -0.25) is 0 Å². The molecule has 1 nitrogen and oxygen atoms in total. The lowest BCUT2D eigenvalue weighted by Crippen LogP contribution is -2.37. The lowest BCUT2D eigenvalue weighted by Gasteiger charge is -2.28. The molecular formula is C16H27N. The molecule has 0 aliphatic heterocycles. The highest BCUT2D eigenvalue weighted by molar-refractivity contribution is 5.21. The van der Waals surface area contributed by atoms with Crippen molar-refractivity contribution in [1.82, 2.24) is 5.32 Å². The molecule has 2 unspecified atom stereocenters. The summed E-state index contributed by atoms with van der Waals surface area (Å²) in [5.41, 5.74) is 2.80. The number of aryl methyl sites for hydroxylation is 1. The third-order valence-corrected chi connectivity index (χ3v) is 3.62. The monoisotopic (exact) mass is 233 g/mol. The molecule has 0 radical (unpaired) electrons. The lowest BCUT2D eigenvalue weighted by molar-refractivity contribution is 0.292. The number of benzene rings is 1. The standard InChI is InChI=1S/C16H27N/c1-6-17-14(5)16(12(2)3)11-15-9-7-13(4)8-10-15/h7-10,12,14,16-17H,6,11H2,1-5H3. The van der Waals surface area contributed by atoms with Gasteiger partial charge in [-0.15, -0.1) is 0 Å². The highest BCUT2D eigenvalue weighted by Gasteiger charge is 2.20. The predicted octanol–water partition coefficient (Wildman–Crippen LogP) is 3.81. The molecule has 1 heteroatoms. The zero-order chi connectivity index (χ0) is 12.8. The second-order valence-electron chi connectivity index (χ2n) is 5.44. The van der Waals surface area contributed by atoms with Crippen molar-refractivity contribution in [3.05, 3.63) is 35.4 Å². The molecule has 0 bridgehead atoms. The van der Waals surface area contributed by atoms with Gasteiger partial charge in [0.1, 0.15) is 0 Å². The Labute approximate surface area is 107 Å². The fourth-order valence-corrected chi connectivity index (χ4v) is 2.46. The van der Waals surface area contributed by atoms with Gasteiger partial charge in [0.2, 0.25) is 0 Å². The minimum Gasteiger partial charge on any atom is -0.314 e. The molecule has 0 aliphatic rings. The first-order valence-corrected chi connectivity index (χ1v) is 6.83. The summed E-state index contributed by atoms with van der Waals surface area (Å²) in [6, 6.07) is 9.54.